The van der Waals surface area contributed by atoms with Gasteiger partial charge < -0.3 is 20.0 Å². The molecule has 0 aliphatic carbocycles. The van der Waals surface area contributed by atoms with E-state index in [2.05, 4.69) is 4.98 Å². The highest BCUT2D eigenvalue weighted by Gasteiger charge is 2.16. The van der Waals surface area contributed by atoms with Gasteiger partial charge in [-0.05, 0) is 6.07 Å². The fourth-order valence-corrected chi connectivity index (χ4v) is 1.56. The average Bonchev–Trinajstić information content (AvgIpc) is 2.66. The first kappa shape index (κ1) is 10.4. The minimum absolute atomic E-state index is 0.0145. The molecule has 6 heteroatoms. The highest BCUT2D eigenvalue weighted by molar-refractivity contribution is 5.94. The number of hydrogen-bond donors (Lipinski definition) is 2. The van der Waals surface area contributed by atoms with Crippen LogP contribution in [0.4, 0.5) is 0 Å². The van der Waals surface area contributed by atoms with Crippen LogP contribution in [0.15, 0.2) is 18.3 Å². The van der Waals surface area contributed by atoms with E-state index in [1.807, 2.05) is 0 Å². The summed E-state index contributed by atoms with van der Waals surface area (Å²) in [5.74, 6) is 0.0129. The molecule has 2 aromatic rings. The summed E-state index contributed by atoms with van der Waals surface area (Å²) in [5.41, 5.74) is 5.96. The Morgan fingerprint density at radius 3 is 3.00 bits per heavy atom. The van der Waals surface area contributed by atoms with Crippen LogP contribution < -0.4 is 10.5 Å². The van der Waals surface area contributed by atoms with Crippen LogP contribution in [0.25, 0.3) is 5.52 Å². The normalized spacial score (nSPS) is 10.6. The van der Waals surface area contributed by atoms with E-state index in [1.165, 1.54) is 7.11 Å². The van der Waals surface area contributed by atoms with Gasteiger partial charge in [0, 0.05) is 12.3 Å². The van der Waals surface area contributed by atoms with Crippen molar-refractivity contribution >= 4 is 11.5 Å². The van der Waals surface area contributed by atoms with Crippen LogP contribution in [0.3, 0.4) is 0 Å². The van der Waals surface area contributed by atoms with Gasteiger partial charge in [-0.25, -0.2) is 9.78 Å². The number of aromatic carboxylic acids is 1. The van der Waals surface area contributed by atoms with Gasteiger partial charge in [-0.15, -0.1) is 0 Å². The summed E-state index contributed by atoms with van der Waals surface area (Å²) in [7, 11) is 1.52. The number of ether oxygens (including phenoxy) is 1. The number of methoxy groups -OCH3 is 1. The van der Waals surface area contributed by atoms with E-state index in [1.54, 1.807) is 22.7 Å². The van der Waals surface area contributed by atoms with E-state index in [4.69, 9.17) is 15.6 Å². The molecule has 84 valence electrons. The van der Waals surface area contributed by atoms with E-state index in [9.17, 15) is 4.79 Å². The summed E-state index contributed by atoms with van der Waals surface area (Å²) in [4.78, 5) is 15.0. The monoisotopic (exact) mass is 221 g/mol. The number of hydrogen-bond acceptors (Lipinski definition) is 4. The van der Waals surface area contributed by atoms with Crippen molar-refractivity contribution in [3.05, 3.63) is 29.8 Å². The molecule has 2 rings (SSSR count). The van der Waals surface area contributed by atoms with Crippen LogP contribution in [0, 0.1) is 0 Å². The van der Waals surface area contributed by atoms with Gasteiger partial charge in [-0.2, -0.15) is 0 Å². The molecule has 3 N–H and O–H groups in total. The van der Waals surface area contributed by atoms with Crippen molar-refractivity contribution in [2.75, 3.05) is 7.11 Å². The van der Waals surface area contributed by atoms with Crippen molar-refractivity contribution in [3.8, 4) is 5.75 Å². The van der Waals surface area contributed by atoms with Gasteiger partial charge in [-0.1, -0.05) is 0 Å². The molecule has 0 aliphatic rings. The molecule has 6 nitrogen and oxygen atoms in total. The fourth-order valence-electron chi connectivity index (χ4n) is 1.56. The van der Waals surface area contributed by atoms with Gasteiger partial charge >= 0.3 is 5.97 Å². The molecule has 2 heterocycles. The van der Waals surface area contributed by atoms with Gasteiger partial charge in [-0.3, -0.25) is 0 Å². The number of carboxylic acid groups (broad SMARTS) is 1. The maximum atomic E-state index is 11.0. The zero-order valence-electron chi connectivity index (χ0n) is 8.67. The van der Waals surface area contributed by atoms with Crippen LogP contribution >= 0.6 is 0 Å². The molecule has 16 heavy (non-hydrogen) atoms. The Hall–Kier alpha value is -2.08. The van der Waals surface area contributed by atoms with E-state index in [0.717, 1.165) is 0 Å². The third-order valence-corrected chi connectivity index (χ3v) is 2.31. The molecule has 0 saturated carbocycles. The number of carboxylic acids is 1. The van der Waals surface area contributed by atoms with Crippen molar-refractivity contribution in [1.82, 2.24) is 9.38 Å². The van der Waals surface area contributed by atoms with E-state index in [-0.39, 0.29) is 12.2 Å². The maximum Gasteiger partial charge on any atom is 0.356 e. The second kappa shape index (κ2) is 3.82. The molecule has 0 fully saturated rings. The maximum absolute atomic E-state index is 11.0. The second-order valence-corrected chi connectivity index (χ2v) is 3.21. The Kier molecular flexibility index (Phi) is 2.49. The number of pyridine rings is 1. The largest absolute Gasteiger partial charge is 0.497 e. The molecule has 0 amide bonds. The van der Waals surface area contributed by atoms with Crippen LogP contribution in [-0.2, 0) is 6.54 Å². The number of imidazole rings is 1. The van der Waals surface area contributed by atoms with Gasteiger partial charge in [0.25, 0.3) is 0 Å². The highest BCUT2D eigenvalue weighted by Crippen LogP contribution is 2.19. The topological polar surface area (TPSA) is 89.9 Å². The molecular formula is C10H11N3O3. The van der Waals surface area contributed by atoms with Gasteiger partial charge in [0.1, 0.15) is 11.6 Å². The second-order valence-electron chi connectivity index (χ2n) is 3.21. The Morgan fingerprint density at radius 1 is 1.69 bits per heavy atom. The van der Waals surface area contributed by atoms with Crippen LogP contribution in [-0.4, -0.2) is 27.6 Å². The lowest BCUT2D eigenvalue weighted by atomic mass is 10.3. The lowest BCUT2D eigenvalue weighted by molar-refractivity contribution is 0.0693. The number of nitrogens with zero attached hydrogens (tertiary/aromatic N) is 2. The van der Waals surface area contributed by atoms with E-state index < -0.39 is 5.97 Å². The lowest BCUT2D eigenvalue weighted by Crippen LogP contribution is -2.02. The standard InChI is InChI=1S/C10H11N3O3/c1-16-6-2-3-13-7(4-6)9(10(14)15)12-8(13)5-11/h2-4H,5,11H2,1H3,(H,14,15). The number of rotatable bonds is 3. The highest BCUT2D eigenvalue weighted by atomic mass is 16.5. The predicted octanol–water partition coefficient (Wildman–Crippen LogP) is 0.500. The number of carbonyl (C=O) groups is 1. The summed E-state index contributed by atoms with van der Waals surface area (Å²) in [6.07, 6.45) is 1.69. The summed E-state index contributed by atoms with van der Waals surface area (Å²) in [6.45, 7) is 0.181. The number of fused-ring (bicyclic) bond motifs is 1. The van der Waals surface area contributed by atoms with Crippen molar-refractivity contribution in [2.24, 2.45) is 5.73 Å². The summed E-state index contributed by atoms with van der Waals surface area (Å²) >= 11 is 0. The molecular weight excluding hydrogens is 210 g/mol. The first-order valence-corrected chi connectivity index (χ1v) is 4.65. The first-order chi connectivity index (χ1) is 7.67. The van der Waals surface area contributed by atoms with Gasteiger partial charge in [0.2, 0.25) is 0 Å². The summed E-state index contributed by atoms with van der Waals surface area (Å²) < 4.78 is 6.68. The average molecular weight is 221 g/mol. The Bertz CT molecular complexity index is 547. The zero-order chi connectivity index (χ0) is 11.7. The molecule has 0 unspecified atom stereocenters. The van der Waals surface area contributed by atoms with Gasteiger partial charge in [0.15, 0.2) is 5.69 Å². The van der Waals surface area contributed by atoms with E-state index >= 15 is 0 Å². The number of aromatic nitrogens is 2. The molecule has 0 aromatic carbocycles. The minimum atomic E-state index is -1.08. The molecule has 0 aliphatic heterocycles. The van der Waals surface area contributed by atoms with Crippen molar-refractivity contribution in [2.45, 2.75) is 6.54 Å². The fraction of sp³-hybridized carbons (Fsp3) is 0.200. The molecule has 0 saturated heterocycles. The molecule has 0 radical (unpaired) electrons. The molecule has 2 aromatic heterocycles. The van der Waals surface area contributed by atoms with Crippen molar-refractivity contribution in [1.29, 1.82) is 0 Å². The molecule has 0 bridgehead atoms. The number of nitrogens with two attached hydrogens (primary N) is 1. The minimum Gasteiger partial charge on any atom is -0.497 e. The van der Waals surface area contributed by atoms with E-state index in [0.29, 0.717) is 17.1 Å². The molecule has 0 spiro atoms. The quantitative estimate of drug-likeness (QED) is 0.787. The zero-order valence-corrected chi connectivity index (χ0v) is 8.67. The smallest absolute Gasteiger partial charge is 0.356 e. The van der Waals surface area contributed by atoms with Crippen LogP contribution in [0.5, 0.6) is 5.75 Å². The summed E-state index contributed by atoms with van der Waals surface area (Å²) in [6, 6.07) is 3.34. The van der Waals surface area contributed by atoms with Crippen LogP contribution in [0.1, 0.15) is 16.3 Å². The Labute approximate surface area is 91.3 Å². The Balaban J connectivity index is 2.75. The summed E-state index contributed by atoms with van der Waals surface area (Å²) in [5, 5.41) is 9.00. The lowest BCUT2D eigenvalue weighted by Gasteiger charge is -2.01. The van der Waals surface area contributed by atoms with Crippen LogP contribution in [0.2, 0.25) is 0 Å². The van der Waals surface area contributed by atoms with Crippen molar-refractivity contribution in [3.63, 3.8) is 0 Å². The first-order valence-electron chi connectivity index (χ1n) is 4.65. The van der Waals surface area contributed by atoms with Crippen molar-refractivity contribution < 1.29 is 14.6 Å². The van der Waals surface area contributed by atoms with Gasteiger partial charge in [0.05, 0.1) is 19.2 Å². The SMILES string of the molecule is COc1ccn2c(CN)nc(C(=O)O)c2c1. The third-order valence-electron chi connectivity index (χ3n) is 2.31. The Morgan fingerprint density at radius 2 is 2.44 bits per heavy atom. The third kappa shape index (κ3) is 1.49. The predicted molar refractivity (Wildman–Crippen MR) is 56.6 cm³/mol. The molecule has 0 atom stereocenters.